The van der Waals surface area contributed by atoms with E-state index in [1.807, 2.05) is 41.3 Å². The van der Waals surface area contributed by atoms with Crippen molar-refractivity contribution in [3.8, 4) is 17.2 Å². The van der Waals surface area contributed by atoms with Crippen LogP contribution in [0.5, 0.6) is 17.2 Å². The quantitative estimate of drug-likeness (QED) is 0.731. The average molecular weight is 423 g/mol. The van der Waals surface area contributed by atoms with Crippen molar-refractivity contribution in [1.29, 1.82) is 0 Å². The van der Waals surface area contributed by atoms with Crippen molar-refractivity contribution < 1.29 is 23.8 Å². The number of ether oxygens (including phenoxy) is 3. The summed E-state index contributed by atoms with van der Waals surface area (Å²) in [5, 5.41) is 0. The molecule has 0 unspecified atom stereocenters. The second-order valence-electron chi connectivity index (χ2n) is 7.90. The van der Waals surface area contributed by atoms with Gasteiger partial charge in [-0.15, -0.1) is 0 Å². The van der Waals surface area contributed by atoms with Gasteiger partial charge in [0.05, 0.1) is 5.69 Å². The Morgan fingerprint density at radius 2 is 1.71 bits per heavy atom. The summed E-state index contributed by atoms with van der Waals surface area (Å²) in [5.41, 5.74) is 1.91. The van der Waals surface area contributed by atoms with E-state index in [9.17, 15) is 9.59 Å². The Balaban J connectivity index is 1.12. The molecule has 0 bridgehead atoms. The van der Waals surface area contributed by atoms with Gasteiger partial charge in [-0.05, 0) is 29.8 Å². The lowest BCUT2D eigenvalue weighted by molar-refractivity contribution is -0.132. The fourth-order valence-corrected chi connectivity index (χ4v) is 4.22. The number of amides is 2. The minimum Gasteiger partial charge on any atom is -0.482 e. The first-order valence-corrected chi connectivity index (χ1v) is 10.6. The molecule has 1 fully saturated rings. The van der Waals surface area contributed by atoms with Gasteiger partial charge in [-0.25, -0.2) is 0 Å². The number of rotatable bonds is 5. The van der Waals surface area contributed by atoms with E-state index in [0.29, 0.717) is 31.8 Å². The summed E-state index contributed by atoms with van der Waals surface area (Å²) in [7, 11) is 0. The van der Waals surface area contributed by atoms with Crippen LogP contribution in [0.15, 0.2) is 42.5 Å². The summed E-state index contributed by atoms with van der Waals surface area (Å²) in [5.74, 6) is 2.25. The van der Waals surface area contributed by atoms with Crippen molar-refractivity contribution in [3.05, 3.63) is 48.0 Å². The molecule has 5 rings (SSSR count). The summed E-state index contributed by atoms with van der Waals surface area (Å²) in [6, 6.07) is 13.5. The summed E-state index contributed by atoms with van der Waals surface area (Å²) < 4.78 is 16.3. The zero-order chi connectivity index (χ0) is 21.2. The van der Waals surface area contributed by atoms with Crippen LogP contribution in [0.2, 0.25) is 0 Å². The third kappa shape index (κ3) is 4.16. The number of fused-ring (bicyclic) bond motifs is 2. The van der Waals surface area contributed by atoms with Gasteiger partial charge in [0.15, 0.2) is 18.1 Å². The highest BCUT2D eigenvalue weighted by Crippen LogP contribution is 2.33. The van der Waals surface area contributed by atoms with E-state index in [-0.39, 0.29) is 25.2 Å². The molecule has 0 aliphatic carbocycles. The van der Waals surface area contributed by atoms with Gasteiger partial charge < -0.3 is 24.0 Å². The minimum absolute atomic E-state index is 0.0176. The topological polar surface area (TPSA) is 71.6 Å². The predicted octanol–water partition coefficient (Wildman–Crippen LogP) is 1.88. The van der Waals surface area contributed by atoms with E-state index in [4.69, 9.17) is 14.2 Å². The Labute approximate surface area is 180 Å². The molecule has 3 aliphatic rings. The number of hydrogen-bond donors (Lipinski definition) is 0. The van der Waals surface area contributed by atoms with Crippen LogP contribution < -0.4 is 19.1 Å². The molecule has 0 saturated carbocycles. The van der Waals surface area contributed by atoms with E-state index < -0.39 is 0 Å². The first kappa shape index (κ1) is 19.7. The maximum Gasteiger partial charge on any atom is 0.265 e. The highest BCUT2D eigenvalue weighted by Gasteiger charge is 2.27. The smallest absolute Gasteiger partial charge is 0.265 e. The lowest BCUT2D eigenvalue weighted by Gasteiger charge is -2.35. The fourth-order valence-electron chi connectivity index (χ4n) is 4.22. The zero-order valence-corrected chi connectivity index (χ0v) is 17.3. The molecule has 1 saturated heterocycles. The third-order valence-corrected chi connectivity index (χ3v) is 5.93. The number of carbonyl (C=O) groups excluding carboxylic acids is 2. The molecule has 0 N–H and O–H groups in total. The largest absolute Gasteiger partial charge is 0.482 e. The standard InChI is InChI=1S/C23H25N3O5/c27-22(7-8-26-18-3-1-2-4-19(18)29-15-23(26)28)25-11-9-24(10-12-25)14-17-5-6-20-21(13-17)31-16-30-20/h1-6,13H,7-12,14-16H2. The fraction of sp³-hybridized carbons (Fsp3) is 0.391. The van der Waals surface area contributed by atoms with Crippen molar-refractivity contribution in [2.24, 2.45) is 0 Å². The normalized spacial score (nSPS) is 18.0. The molecular formula is C23H25N3O5. The second kappa shape index (κ2) is 8.47. The molecule has 2 amide bonds. The lowest BCUT2D eigenvalue weighted by atomic mass is 10.1. The Hall–Kier alpha value is -3.26. The number of benzene rings is 2. The monoisotopic (exact) mass is 423 g/mol. The number of hydrogen-bond acceptors (Lipinski definition) is 6. The molecule has 162 valence electrons. The highest BCUT2D eigenvalue weighted by atomic mass is 16.7. The molecular weight excluding hydrogens is 398 g/mol. The first-order valence-electron chi connectivity index (χ1n) is 10.6. The van der Waals surface area contributed by atoms with Crippen molar-refractivity contribution in [2.75, 3.05) is 51.0 Å². The minimum atomic E-state index is -0.111. The molecule has 3 aliphatic heterocycles. The van der Waals surface area contributed by atoms with E-state index in [2.05, 4.69) is 11.0 Å². The van der Waals surface area contributed by atoms with Crippen LogP contribution in [-0.4, -0.2) is 67.7 Å². The van der Waals surface area contributed by atoms with Crippen LogP contribution in [0.4, 0.5) is 5.69 Å². The van der Waals surface area contributed by atoms with Gasteiger partial charge in [0.2, 0.25) is 12.7 Å². The van der Waals surface area contributed by atoms with Crippen LogP contribution in [0.25, 0.3) is 0 Å². The van der Waals surface area contributed by atoms with Gasteiger partial charge in [0.25, 0.3) is 5.91 Å². The van der Waals surface area contributed by atoms with Crippen molar-refractivity contribution >= 4 is 17.5 Å². The molecule has 2 aromatic carbocycles. The molecule has 0 aromatic heterocycles. The van der Waals surface area contributed by atoms with Crippen molar-refractivity contribution in [3.63, 3.8) is 0 Å². The van der Waals surface area contributed by atoms with Gasteiger partial charge in [0, 0.05) is 45.7 Å². The summed E-state index contributed by atoms with van der Waals surface area (Å²) in [4.78, 5) is 30.9. The average Bonchev–Trinajstić information content (AvgIpc) is 3.27. The van der Waals surface area contributed by atoms with Crippen LogP contribution in [0.3, 0.4) is 0 Å². The molecule has 8 nitrogen and oxygen atoms in total. The van der Waals surface area contributed by atoms with Gasteiger partial charge in [-0.1, -0.05) is 18.2 Å². The molecule has 31 heavy (non-hydrogen) atoms. The molecule has 0 radical (unpaired) electrons. The van der Waals surface area contributed by atoms with E-state index in [1.165, 1.54) is 5.56 Å². The van der Waals surface area contributed by atoms with Gasteiger partial charge in [-0.3, -0.25) is 14.5 Å². The van der Waals surface area contributed by atoms with Crippen LogP contribution >= 0.6 is 0 Å². The van der Waals surface area contributed by atoms with E-state index in [0.717, 1.165) is 36.8 Å². The predicted molar refractivity (Wildman–Crippen MR) is 113 cm³/mol. The van der Waals surface area contributed by atoms with E-state index in [1.54, 1.807) is 4.90 Å². The van der Waals surface area contributed by atoms with Crippen LogP contribution in [-0.2, 0) is 16.1 Å². The number of nitrogens with zero attached hydrogens (tertiary/aromatic N) is 3. The SMILES string of the molecule is O=C(CCN1C(=O)COc2ccccc21)N1CCN(Cc2ccc3c(c2)OCO3)CC1. The lowest BCUT2D eigenvalue weighted by Crippen LogP contribution is -2.49. The Morgan fingerprint density at radius 1 is 0.903 bits per heavy atom. The number of carbonyl (C=O) groups is 2. The molecule has 2 aromatic rings. The second-order valence-corrected chi connectivity index (χ2v) is 7.90. The Morgan fingerprint density at radius 3 is 2.58 bits per heavy atom. The molecule has 3 heterocycles. The number of anilines is 1. The van der Waals surface area contributed by atoms with Gasteiger partial charge in [0.1, 0.15) is 5.75 Å². The zero-order valence-electron chi connectivity index (χ0n) is 17.3. The molecule has 0 atom stereocenters. The van der Waals surface area contributed by atoms with Crippen molar-refractivity contribution in [2.45, 2.75) is 13.0 Å². The highest BCUT2D eigenvalue weighted by molar-refractivity contribution is 5.98. The number of piperazine rings is 1. The Bertz CT molecular complexity index is 987. The van der Waals surface area contributed by atoms with E-state index >= 15 is 0 Å². The van der Waals surface area contributed by atoms with Gasteiger partial charge >= 0.3 is 0 Å². The molecule has 0 spiro atoms. The van der Waals surface area contributed by atoms with Crippen LogP contribution in [0, 0.1) is 0 Å². The summed E-state index contributed by atoms with van der Waals surface area (Å²) >= 11 is 0. The Kier molecular flexibility index (Phi) is 5.38. The molecule has 8 heteroatoms. The maximum absolute atomic E-state index is 12.8. The van der Waals surface area contributed by atoms with Crippen molar-refractivity contribution in [1.82, 2.24) is 9.80 Å². The third-order valence-electron chi connectivity index (χ3n) is 5.93. The van der Waals surface area contributed by atoms with Crippen LogP contribution in [0.1, 0.15) is 12.0 Å². The maximum atomic E-state index is 12.8. The number of para-hydroxylation sites is 2. The summed E-state index contributed by atoms with van der Waals surface area (Å²) in [6.45, 7) is 4.51. The van der Waals surface area contributed by atoms with Gasteiger partial charge in [-0.2, -0.15) is 0 Å². The first-order chi connectivity index (χ1) is 15.2. The summed E-state index contributed by atoms with van der Waals surface area (Å²) in [6.07, 6.45) is 0.308.